The Kier molecular flexibility index (Phi) is 5.61. The highest BCUT2D eigenvalue weighted by Crippen LogP contribution is 2.37. The monoisotopic (exact) mass is 373 g/mol. The number of hydrogen-bond donors (Lipinski definition) is 1. The molecule has 0 saturated heterocycles. The molecule has 1 unspecified atom stereocenters. The van der Waals surface area contributed by atoms with E-state index in [1.54, 1.807) is 31.6 Å². The Morgan fingerprint density at radius 2 is 2.05 bits per heavy atom. The average Bonchev–Trinajstić information content (AvgIpc) is 2.96. The first-order chi connectivity index (χ1) is 10.1. The summed E-state index contributed by atoms with van der Waals surface area (Å²) in [6.45, 7) is 2.81. The highest BCUT2D eigenvalue weighted by molar-refractivity contribution is 9.10. The highest BCUT2D eigenvalue weighted by Gasteiger charge is 2.21. The van der Waals surface area contributed by atoms with Gasteiger partial charge in [-0.05, 0) is 34.6 Å². The molecule has 1 heterocycles. The molecule has 6 heteroatoms. The number of benzene rings is 1. The van der Waals surface area contributed by atoms with Crippen molar-refractivity contribution in [2.24, 2.45) is 0 Å². The van der Waals surface area contributed by atoms with Crippen LogP contribution in [-0.2, 0) is 0 Å². The second-order valence-electron chi connectivity index (χ2n) is 4.39. The minimum Gasteiger partial charge on any atom is -0.496 e. The van der Waals surface area contributed by atoms with Crippen LogP contribution < -0.4 is 14.8 Å². The lowest BCUT2D eigenvalue weighted by molar-refractivity contribution is 0.400. The zero-order valence-electron chi connectivity index (χ0n) is 12.1. The summed E-state index contributed by atoms with van der Waals surface area (Å²) in [5.74, 6) is 1.00. The summed E-state index contributed by atoms with van der Waals surface area (Å²) in [4.78, 5) is 1.09. The van der Waals surface area contributed by atoms with Gasteiger partial charge in [0, 0.05) is 21.9 Å². The van der Waals surface area contributed by atoms with Gasteiger partial charge in [0.25, 0.3) is 0 Å². The van der Waals surface area contributed by atoms with Crippen LogP contribution in [0.1, 0.15) is 23.4 Å². The molecule has 0 saturated carbocycles. The van der Waals surface area contributed by atoms with Crippen molar-refractivity contribution >= 4 is 27.3 Å². The fraction of sp³-hybridized carbons (Fsp3) is 0.333. The molecule has 2 rings (SSSR count). The van der Waals surface area contributed by atoms with Crippen LogP contribution in [0.2, 0.25) is 0 Å². The number of halogens is 2. The van der Waals surface area contributed by atoms with Gasteiger partial charge in [0.2, 0.25) is 0 Å². The lowest BCUT2D eigenvalue weighted by atomic mass is 10.0. The Morgan fingerprint density at radius 1 is 1.29 bits per heavy atom. The summed E-state index contributed by atoms with van der Waals surface area (Å²) in [6, 6.07) is 5.06. The summed E-state index contributed by atoms with van der Waals surface area (Å²) in [5, 5.41) is 5.35. The number of nitrogens with one attached hydrogen (secondary N) is 1. The van der Waals surface area contributed by atoms with Gasteiger partial charge in [0.1, 0.15) is 17.3 Å². The molecule has 3 nitrogen and oxygen atoms in total. The largest absolute Gasteiger partial charge is 0.496 e. The molecule has 1 atom stereocenters. The van der Waals surface area contributed by atoms with Gasteiger partial charge in [0.15, 0.2) is 0 Å². The molecule has 0 bridgehead atoms. The van der Waals surface area contributed by atoms with Gasteiger partial charge in [-0.15, -0.1) is 11.3 Å². The molecule has 0 amide bonds. The fourth-order valence-electron chi connectivity index (χ4n) is 2.11. The smallest absolute Gasteiger partial charge is 0.141 e. The van der Waals surface area contributed by atoms with Crippen molar-refractivity contribution in [3.8, 4) is 11.5 Å². The second-order valence-corrected chi connectivity index (χ2v) is 6.19. The Labute approximate surface area is 136 Å². The minimum atomic E-state index is -0.338. The van der Waals surface area contributed by atoms with Crippen molar-refractivity contribution in [3.05, 3.63) is 44.3 Å². The fourth-order valence-corrected chi connectivity index (χ4v) is 3.42. The summed E-state index contributed by atoms with van der Waals surface area (Å²) in [7, 11) is 3.19. The first-order valence-electron chi connectivity index (χ1n) is 6.49. The maximum atomic E-state index is 13.7. The average molecular weight is 374 g/mol. The van der Waals surface area contributed by atoms with Crippen LogP contribution in [0, 0.1) is 5.82 Å². The third-order valence-corrected chi connectivity index (χ3v) is 4.69. The first-order valence-corrected chi connectivity index (χ1v) is 8.16. The molecule has 0 radical (unpaired) electrons. The summed E-state index contributed by atoms with van der Waals surface area (Å²) < 4.78 is 24.7. The normalized spacial score (nSPS) is 12.2. The van der Waals surface area contributed by atoms with Gasteiger partial charge in [0.05, 0.1) is 24.7 Å². The SMILES string of the molecule is CCNC(c1cc(OC)cs1)c1cc(Br)c(F)cc1OC. The van der Waals surface area contributed by atoms with Crippen LogP contribution >= 0.6 is 27.3 Å². The molecule has 2 aromatic rings. The molecule has 0 aliphatic heterocycles. The summed E-state index contributed by atoms with van der Waals surface area (Å²) in [6.07, 6.45) is 0. The Balaban J connectivity index is 2.49. The second kappa shape index (κ2) is 7.24. The third kappa shape index (κ3) is 3.56. The van der Waals surface area contributed by atoms with E-state index in [2.05, 4.69) is 21.2 Å². The van der Waals surface area contributed by atoms with E-state index in [1.807, 2.05) is 18.4 Å². The molecule has 1 aromatic heterocycles. The first kappa shape index (κ1) is 16.3. The maximum absolute atomic E-state index is 13.7. The van der Waals surface area contributed by atoms with Crippen molar-refractivity contribution in [2.45, 2.75) is 13.0 Å². The van der Waals surface area contributed by atoms with Gasteiger partial charge in [-0.3, -0.25) is 0 Å². The molecule has 0 fully saturated rings. The predicted octanol–water partition coefficient (Wildman–Crippen LogP) is 4.37. The summed E-state index contributed by atoms with van der Waals surface area (Å²) >= 11 is 4.83. The van der Waals surface area contributed by atoms with Crippen LogP contribution in [0.25, 0.3) is 0 Å². The summed E-state index contributed by atoms with van der Waals surface area (Å²) in [5.41, 5.74) is 0.886. The molecule has 1 N–H and O–H groups in total. The maximum Gasteiger partial charge on any atom is 0.141 e. The van der Waals surface area contributed by atoms with E-state index in [-0.39, 0.29) is 11.9 Å². The molecule has 0 aliphatic carbocycles. The number of thiophene rings is 1. The lowest BCUT2D eigenvalue weighted by Crippen LogP contribution is -2.21. The Hall–Kier alpha value is -1.11. The number of methoxy groups -OCH3 is 2. The molecule has 21 heavy (non-hydrogen) atoms. The van der Waals surface area contributed by atoms with E-state index in [0.717, 1.165) is 22.7 Å². The topological polar surface area (TPSA) is 30.5 Å². The van der Waals surface area contributed by atoms with E-state index >= 15 is 0 Å². The zero-order valence-corrected chi connectivity index (χ0v) is 14.5. The quantitative estimate of drug-likeness (QED) is 0.815. The van der Waals surface area contributed by atoms with Crippen molar-refractivity contribution in [2.75, 3.05) is 20.8 Å². The molecule has 1 aromatic carbocycles. The van der Waals surface area contributed by atoms with Crippen LogP contribution in [-0.4, -0.2) is 20.8 Å². The van der Waals surface area contributed by atoms with E-state index in [1.165, 1.54) is 6.07 Å². The van der Waals surface area contributed by atoms with Crippen LogP contribution in [0.15, 0.2) is 28.1 Å². The zero-order chi connectivity index (χ0) is 15.4. The Bertz CT molecular complexity index is 618. The van der Waals surface area contributed by atoms with Gasteiger partial charge in [-0.1, -0.05) is 6.92 Å². The van der Waals surface area contributed by atoms with E-state index in [4.69, 9.17) is 9.47 Å². The minimum absolute atomic E-state index is 0.0734. The number of rotatable bonds is 6. The Morgan fingerprint density at radius 3 is 2.62 bits per heavy atom. The molecular weight excluding hydrogens is 357 g/mol. The predicted molar refractivity (Wildman–Crippen MR) is 87.0 cm³/mol. The van der Waals surface area contributed by atoms with E-state index < -0.39 is 0 Å². The van der Waals surface area contributed by atoms with Crippen LogP contribution in [0.5, 0.6) is 11.5 Å². The van der Waals surface area contributed by atoms with Gasteiger partial charge < -0.3 is 14.8 Å². The van der Waals surface area contributed by atoms with Crippen LogP contribution in [0.3, 0.4) is 0 Å². The lowest BCUT2D eigenvalue weighted by Gasteiger charge is -2.20. The van der Waals surface area contributed by atoms with E-state index in [0.29, 0.717) is 10.2 Å². The van der Waals surface area contributed by atoms with Crippen molar-refractivity contribution in [3.63, 3.8) is 0 Å². The number of hydrogen-bond acceptors (Lipinski definition) is 4. The highest BCUT2D eigenvalue weighted by atomic mass is 79.9. The molecule has 114 valence electrons. The van der Waals surface area contributed by atoms with Crippen molar-refractivity contribution < 1.29 is 13.9 Å². The molecular formula is C15H17BrFNO2S. The third-order valence-electron chi connectivity index (χ3n) is 3.11. The number of ether oxygens (including phenoxy) is 2. The molecule has 0 spiro atoms. The van der Waals surface area contributed by atoms with Crippen molar-refractivity contribution in [1.82, 2.24) is 5.32 Å². The van der Waals surface area contributed by atoms with Gasteiger partial charge in [-0.2, -0.15) is 0 Å². The van der Waals surface area contributed by atoms with Crippen molar-refractivity contribution in [1.29, 1.82) is 0 Å². The molecule has 0 aliphatic rings. The standard InChI is InChI=1S/C15H17BrFNO2S/c1-4-18-15(14-5-9(19-2)8-21-14)10-6-11(16)12(17)7-13(10)20-3/h5-8,15,18H,4H2,1-3H3. The van der Waals surface area contributed by atoms with Gasteiger partial charge >= 0.3 is 0 Å². The van der Waals surface area contributed by atoms with Gasteiger partial charge in [-0.25, -0.2) is 4.39 Å². The van der Waals surface area contributed by atoms with E-state index in [9.17, 15) is 4.39 Å². The van der Waals surface area contributed by atoms with Crippen LogP contribution in [0.4, 0.5) is 4.39 Å².